The summed E-state index contributed by atoms with van der Waals surface area (Å²) in [7, 11) is 0. The van der Waals surface area contributed by atoms with Crippen LogP contribution in [0.4, 0.5) is 10.7 Å². The average Bonchev–Trinajstić information content (AvgIpc) is 3.24. The number of benzene rings is 1. The lowest BCUT2D eigenvalue weighted by atomic mass is 10.0. The fourth-order valence-corrected chi connectivity index (χ4v) is 6.39. The van der Waals surface area contributed by atoms with Crippen molar-refractivity contribution in [1.82, 2.24) is 4.90 Å². The normalized spacial score (nSPS) is 18.1. The van der Waals surface area contributed by atoms with Gasteiger partial charge in [-0.15, -0.1) is 23.1 Å². The van der Waals surface area contributed by atoms with E-state index in [-0.39, 0.29) is 36.3 Å². The second-order valence-corrected chi connectivity index (χ2v) is 9.91. The van der Waals surface area contributed by atoms with Crippen molar-refractivity contribution < 1.29 is 23.9 Å². The number of fused-ring (bicyclic) bond motifs is 1. The third-order valence-corrected chi connectivity index (χ3v) is 7.79. The number of nitrogen functional groups attached to an aromatic ring is 1. The molecule has 4 rings (SSSR count). The first-order valence-corrected chi connectivity index (χ1v) is 12.0. The van der Waals surface area contributed by atoms with Gasteiger partial charge in [-0.3, -0.25) is 14.4 Å². The fraction of sp³-hybridized carbons (Fsp3) is 0.364. The molecular formula is C22H23N3O5S2. The Balaban J connectivity index is 1.69. The number of nitrogens with zero attached hydrogens (tertiary/aromatic N) is 2. The van der Waals surface area contributed by atoms with Gasteiger partial charge in [0.1, 0.15) is 5.00 Å². The summed E-state index contributed by atoms with van der Waals surface area (Å²) in [5, 5.41) is -0.309. The largest absolute Gasteiger partial charge is 0.462 e. The Morgan fingerprint density at radius 1 is 1.31 bits per heavy atom. The first-order chi connectivity index (χ1) is 15.3. The first kappa shape index (κ1) is 22.3. The minimum atomic E-state index is -0.604. The molecule has 32 heavy (non-hydrogen) atoms. The maximum Gasteiger partial charge on any atom is 0.341 e. The average molecular weight is 474 g/mol. The summed E-state index contributed by atoms with van der Waals surface area (Å²) in [6.45, 7) is 4.20. The number of amides is 3. The molecule has 0 spiro atoms. The van der Waals surface area contributed by atoms with Crippen molar-refractivity contribution in [2.75, 3.05) is 23.8 Å². The summed E-state index contributed by atoms with van der Waals surface area (Å²) < 4.78 is 5.25. The predicted octanol–water partition coefficient (Wildman–Crippen LogP) is 2.84. The van der Waals surface area contributed by atoms with Gasteiger partial charge in [0.15, 0.2) is 0 Å². The molecule has 1 atom stereocenters. The number of anilines is 2. The van der Waals surface area contributed by atoms with Gasteiger partial charge in [0.05, 0.1) is 24.0 Å². The van der Waals surface area contributed by atoms with Gasteiger partial charge >= 0.3 is 5.97 Å². The Morgan fingerprint density at radius 2 is 2.09 bits per heavy atom. The van der Waals surface area contributed by atoms with Gasteiger partial charge in [0, 0.05) is 35.3 Å². The highest BCUT2D eigenvalue weighted by Crippen LogP contribution is 2.43. The number of ether oxygens (including phenoxy) is 1. The second kappa shape index (κ2) is 8.95. The van der Waals surface area contributed by atoms with Crippen LogP contribution in [0.15, 0.2) is 29.2 Å². The Morgan fingerprint density at radius 3 is 2.78 bits per heavy atom. The number of esters is 1. The molecule has 0 bridgehead atoms. The van der Waals surface area contributed by atoms with E-state index in [2.05, 4.69) is 0 Å². The number of hydrogen-bond donors (Lipinski definition) is 1. The molecule has 1 unspecified atom stereocenters. The molecule has 3 amide bonds. The fourth-order valence-electron chi connectivity index (χ4n) is 3.89. The molecule has 2 aromatic rings. The maximum absolute atomic E-state index is 13.3. The van der Waals surface area contributed by atoms with Gasteiger partial charge in [0.2, 0.25) is 17.7 Å². The molecule has 10 heteroatoms. The van der Waals surface area contributed by atoms with Crippen molar-refractivity contribution in [3.8, 4) is 0 Å². The molecule has 1 saturated heterocycles. The van der Waals surface area contributed by atoms with Gasteiger partial charge < -0.3 is 15.4 Å². The standard InChI is InChI=1S/C22H23N3O5S2/c1-3-30-22(29)19-15-7-8-24(12(2)26)11-17(15)32-21(19)25-18(27)10-16(20(25)28)31-14-6-4-5-13(23)9-14/h4-6,9,16H,3,7-8,10-11,23H2,1-2H3. The zero-order chi connectivity index (χ0) is 23.0. The monoisotopic (exact) mass is 473 g/mol. The van der Waals surface area contributed by atoms with Crippen molar-refractivity contribution in [3.05, 3.63) is 40.3 Å². The van der Waals surface area contributed by atoms with E-state index in [1.807, 2.05) is 6.07 Å². The van der Waals surface area contributed by atoms with E-state index < -0.39 is 11.2 Å². The second-order valence-electron chi connectivity index (χ2n) is 7.55. The van der Waals surface area contributed by atoms with E-state index in [0.29, 0.717) is 30.2 Å². The molecule has 0 aliphatic carbocycles. The van der Waals surface area contributed by atoms with Crippen LogP contribution in [0, 0.1) is 0 Å². The number of hydrogen-bond acceptors (Lipinski definition) is 8. The number of carbonyl (C=O) groups excluding carboxylic acids is 4. The van der Waals surface area contributed by atoms with Gasteiger partial charge in [-0.1, -0.05) is 6.07 Å². The van der Waals surface area contributed by atoms with Crippen molar-refractivity contribution in [2.45, 2.75) is 43.4 Å². The lowest BCUT2D eigenvalue weighted by Crippen LogP contribution is -2.34. The molecule has 0 saturated carbocycles. The van der Waals surface area contributed by atoms with Crippen LogP contribution < -0.4 is 10.6 Å². The van der Waals surface area contributed by atoms with Gasteiger partial charge in [-0.2, -0.15) is 0 Å². The summed E-state index contributed by atoms with van der Waals surface area (Å²) in [6.07, 6.45) is 0.500. The van der Waals surface area contributed by atoms with Crippen LogP contribution in [-0.4, -0.2) is 47.0 Å². The Hall–Kier alpha value is -2.85. The number of thiophene rings is 1. The molecule has 1 aromatic carbocycles. The summed E-state index contributed by atoms with van der Waals surface area (Å²) in [5.74, 6) is -1.34. The SMILES string of the molecule is CCOC(=O)c1c(N2C(=O)CC(Sc3cccc(N)c3)C2=O)sc2c1CCN(C(C)=O)C2. The minimum Gasteiger partial charge on any atom is -0.462 e. The van der Waals surface area contributed by atoms with E-state index in [1.54, 1.807) is 30.0 Å². The molecule has 2 N–H and O–H groups in total. The number of thioether (sulfide) groups is 1. The summed E-state index contributed by atoms with van der Waals surface area (Å²) in [6, 6.07) is 7.15. The quantitative estimate of drug-likeness (QED) is 0.404. The van der Waals surface area contributed by atoms with Crippen LogP contribution >= 0.6 is 23.1 Å². The minimum absolute atomic E-state index is 0.0305. The van der Waals surface area contributed by atoms with Crippen LogP contribution in [-0.2, 0) is 32.1 Å². The molecule has 2 aliphatic rings. The molecule has 168 valence electrons. The van der Waals surface area contributed by atoms with E-state index >= 15 is 0 Å². The van der Waals surface area contributed by atoms with Crippen LogP contribution in [0.5, 0.6) is 0 Å². The van der Waals surface area contributed by atoms with Gasteiger partial charge in [-0.25, -0.2) is 9.69 Å². The maximum atomic E-state index is 13.3. The van der Waals surface area contributed by atoms with Crippen LogP contribution in [0.2, 0.25) is 0 Å². The van der Waals surface area contributed by atoms with Crippen LogP contribution in [0.25, 0.3) is 0 Å². The van der Waals surface area contributed by atoms with E-state index in [9.17, 15) is 19.2 Å². The number of nitrogens with two attached hydrogens (primary N) is 1. The molecule has 1 aromatic heterocycles. The van der Waals surface area contributed by atoms with Crippen LogP contribution in [0.1, 0.15) is 41.1 Å². The van der Waals surface area contributed by atoms with Gasteiger partial charge in [0.25, 0.3) is 0 Å². The van der Waals surface area contributed by atoms with Crippen LogP contribution in [0.3, 0.4) is 0 Å². The Kier molecular flexibility index (Phi) is 6.25. The highest BCUT2D eigenvalue weighted by atomic mass is 32.2. The topological polar surface area (TPSA) is 110 Å². The predicted molar refractivity (Wildman–Crippen MR) is 123 cm³/mol. The van der Waals surface area contributed by atoms with Crippen molar-refractivity contribution in [3.63, 3.8) is 0 Å². The van der Waals surface area contributed by atoms with Crippen molar-refractivity contribution in [1.29, 1.82) is 0 Å². The summed E-state index contributed by atoms with van der Waals surface area (Å²) >= 11 is 2.50. The Bertz CT molecular complexity index is 1110. The van der Waals surface area contributed by atoms with E-state index in [1.165, 1.54) is 30.0 Å². The highest BCUT2D eigenvalue weighted by Gasteiger charge is 2.44. The lowest BCUT2D eigenvalue weighted by Gasteiger charge is -2.25. The third kappa shape index (κ3) is 4.12. The smallest absolute Gasteiger partial charge is 0.341 e. The molecule has 8 nitrogen and oxygen atoms in total. The molecule has 1 fully saturated rings. The molecule has 2 aliphatic heterocycles. The van der Waals surface area contributed by atoms with E-state index in [0.717, 1.165) is 20.2 Å². The zero-order valence-corrected chi connectivity index (χ0v) is 19.4. The summed E-state index contributed by atoms with van der Waals surface area (Å²) in [4.78, 5) is 55.3. The number of carbonyl (C=O) groups is 4. The van der Waals surface area contributed by atoms with E-state index in [4.69, 9.17) is 10.5 Å². The number of imide groups is 1. The molecule has 3 heterocycles. The summed E-state index contributed by atoms with van der Waals surface area (Å²) in [5.41, 5.74) is 7.44. The first-order valence-electron chi connectivity index (χ1n) is 10.3. The number of rotatable bonds is 5. The zero-order valence-electron chi connectivity index (χ0n) is 17.8. The van der Waals surface area contributed by atoms with Gasteiger partial charge in [-0.05, 0) is 37.1 Å². The Labute approximate surface area is 193 Å². The molecular weight excluding hydrogens is 450 g/mol. The van der Waals surface area contributed by atoms with Crippen molar-refractivity contribution in [2.24, 2.45) is 0 Å². The molecule has 0 radical (unpaired) electrons. The van der Waals surface area contributed by atoms with Crippen molar-refractivity contribution >= 4 is 57.5 Å². The third-order valence-electron chi connectivity index (χ3n) is 5.41. The lowest BCUT2D eigenvalue weighted by molar-refractivity contribution is -0.129. The highest BCUT2D eigenvalue weighted by molar-refractivity contribution is 8.00.